The van der Waals surface area contributed by atoms with E-state index in [1.54, 1.807) is 7.11 Å². The topological polar surface area (TPSA) is 79.6 Å². The molecular formula is C19H35N7O. The number of hydrogen-bond donors (Lipinski definition) is 2. The summed E-state index contributed by atoms with van der Waals surface area (Å²) in [5.74, 6) is 3.42. The number of likely N-dealkylation sites (tertiary alicyclic amines) is 1. The van der Waals surface area contributed by atoms with E-state index in [-0.39, 0.29) is 0 Å². The van der Waals surface area contributed by atoms with Crippen molar-refractivity contribution in [2.45, 2.75) is 58.7 Å². The molecular weight excluding hydrogens is 342 g/mol. The summed E-state index contributed by atoms with van der Waals surface area (Å²) in [6.45, 7) is 11.0. The average Bonchev–Trinajstić information content (AvgIpc) is 3.08. The Balaban J connectivity index is 1.55. The third-order valence-corrected chi connectivity index (χ3v) is 5.42. The normalized spacial score (nSPS) is 23.9. The van der Waals surface area contributed by atoms with Crippen LogP contribution in [-0.4, -0.2) is 71.5 Å². The second-order valence-corrected chi connectivity index (χ2v) is 7.56. The summed E-state index contributed by atoms with van der Waals surface area (Å²) in [5, 5.41) is 11.6. The number of aliphatic imine (C=N–C) groups is 1. The molecule has 0 spiro atoms. The zero-order chi connectivity index (χ0) is 19.1. The van der Waals surface area contributed by atoms with Crippen LogP contribution in [0.15, 0.2) is 4.99 Å². The van der Waals surface area contributed by atoms with Crippen molar-refractivity contribution in [3.8, 4) is 0 Å². The molecule has 1 aromatic heterocycles. The minimum Gasteiger partial charge on any atom is -0.377 e. The van der Waals surface area contributed by atoms with E-state index in [1.165, 1.54) is 25.9 Å². The molecule has 27 heavy (non-hydrogen) atoms. The maximum absolute atomic E-state index is 5.15. The van der Waals surface area contributed by atoms with Crippen LogP contribution in [0.25, 0.3) is 0 Å². The highest BCUT2D eigenvalue weighted by Crippen LogP contribution is 2.17. The van der Waals surface area contributed by atoms with E-state index in [4.69, 9.17) is 9.73 Å². The summed E-state index contributed by atoms with van der Waals surface area (Å²) in [6, 6.07) is 0.325. The van der Waals surface area contributed by atoms with Crippen molar-refractivity contribution in [1.82, 2.24) is 30.3 Å². The monoisotopic (exact) mass is 377 g/mol. The molecule has 2 aliphatic rings. The first-order valence-corrected chi connectivity index (χ1v) is 10.4. The molecule has 8 heteroatoms. The van der Waals surface area contributed by atoms with Crippen molar-refractivity contribution in [3.05, 3.63) is 11.6 Å². The second kappa shape index (κ2) is 10.0. The van der Waals surface area contributed by atoms with Gasteiger partial charge in [0.1, 0.15) is 12.4 Å². The fourth-order valence-corrected chi connectivity index (χ4v) is 3.99. The maximum atomic E-state index is 5.15. The number of aromatic nitrogens is 3. The number of hydrogen-bond acceptors (Lipinski definition) is 5. The molecule has 1 saturated heterocycles. The standard InChI is InChI=1S/C19H35N7O/c1-4-20-19(21-11-15-7-6-10-25(5-2)12-15)22-16-8-9-18-23-17(14-27-3)24-26(18)13-16/h15-16H,4-14H2,1-3H3,(H2,20,21,22). The number of methoxy groups -OCH3 is 1. The lowest BCUT2D eigenvalue weighted by atomic mass is 9.98. The third-order valence-electron chi connectivity index (χ3n) is 5.42. The molecule has 3 rings (SSSR count). The van der Waals surface area contributed by atoms with Gasteiger partial charge in [0.2, 0.25) is 0 Å². The van der Waals surface area contributed by atoms with Gasteiger partial charge in [0.05, 0.1) is 6.54 Å². The second-order valence-electron chi connectivity index (χ2n) is 7.56. The van der Waals surface area contributed by atoms with Gasteiger partial charge in [0.15, 0.2) is 11.8 Å². The van der Waals surface area contributed by atoms with Gasteiger partial charge in [0.25, 0.3) is 0 Å². The molecule has 2 atom stereocenters. The summed E-state index contributed by atoms with van der Waals surface area (Å²) < 4.78 is 7.16. The van der Waals surface area contributed by atoms with Gasteiger partial charge in [-0.3, -0.25) is 4.99 Å². The van der Waals surface area contributed by atoms with E-state index in [0.29, 0.717) is 18.6 Å². The number of fused-ring (bicyclic) bond motifs is 1. The Morgan fingerprint density at radius 3 is 2.96 bits per heavy atom. The number of piperidine rings is 1. The van der Waals surface area contributed by atoms with Gasteiger partial charge in [-0.1, -0.05) is 6.92 Å². The lowest BCUT2D eigenvalue weighted by Crippen LogP contribution is -2.47. The van der Waals surface area contributed by atoms with Crippen molar-refractivity contribution in [2.75, 3.05) is 39.8 Å². The first-order chi connectivity index (χ1) is 13.2. The fraction of sp³-hybridized carbons (Fsp3) is 0.842. The molecule has 2 unspecified atom stereocenters. The van der Waals surface area contributed by atoms with E-state index in [0.717, 1.165) is 56.6 Å². The van der Waals surface area contributed by atoms with E-state index >= 15 is 0 Å². The lowest BCUT2D eigenvalue weighted by Gasteiger charge is -2.31. The number of nitrogens with one attached hydrogen (secondary N) is 2. The lowest BCUT2D eigenvalue weighted by molar-refractivity contribution is 0.177. The van der Waals surface area contributed by atoms with Crippen LogP contribution in [0.4, 0.5) is 0 Å². The third kappa shape index (κ3) is 5.65. The van der Waals surface area contributed by atoms with Gasteiger partial charge >= 0.3 is 0 Å². The Kier molecular flexibility index (Phi) is 7.46. The fourth-order valence-electron chi connectivity index (χ4n) is 3.99. The van der Waals surface area contributed by atoms with Crippen molar-refractivity contribution >= 4 is 5.96 Å². The van der Waals surface area contributed by atoms with E-state index in [1.807, 2.05) is 4.68 Å². The highest BCUT2D eigenvalue weighted by atomic mass is 16.5. The quantitative estimate of drug-likeness (QED) is 0.546. The number of rotatable bonds is 7. The van der Waals surface area contributed by atoms with Crippen molar-refractivity contribution < 1.29 is 4.74 Å². The Morgan fingerprint density at radius 1 is 1.30 bits per heavy atom. The average molecular weight is 378 g/mol. The van der Waals surface area contributed by atoms with Gasteiger partial charge in [-0.15, -0.1) is 0 Å². The number of guanidine groups is 1. The van der Waals surface area contributed by atoms with Crippen LogP contribution in [0.1, 0.15) is 44.8 Å². The summed E-state index contributed by atoms with van der Waals surface area (Å²) in [7, 11) is 1.68. The number of aryl methyl sites for hydroxylation is 1. The minimum absolute atomic E-state index is 0.325. The highest BCUT2D eigenvalue weighted by molar-refractivity contribution is 5.80. The molecule has 3 heterocycles. The molecule has 1 fully saturated rings. The van der Waals surface area contributed by atoms with Crippen LogP contribution >= 0.6 is 0 Å². The minimum atomic E-state index is 0.325. The molecule has 2 aliphatic heterocycles. The molecule has 0 aliphatic carbocycles. The predicted octanol–water partition coefficient (Wildman–Crippen LogP) is 1.03. The molecule has 0 bridgehead atoms. The Morgan fingerprint density at radius 2 is 2.19 bits per heavy atom. The first kappa shape index (κ1) is 20.1. The maximum Gasteiger partial charge on any atom is 0.191 e. The molecule has 0 saturated carbocycles. The van der Waals surface area contributed by atoms with Crippen LogP contribution in [0.2, 0.25) is 0 Å². The number of ether oxygens (including phenoxy) is 1. The van der Waals surface area contributed by atoms with Crippen LogP contribution in [0, 0.1) is 5.92 Å². The van der Waals surface area contributed by atoms with Crippen LogP contribution < -0.4 is 10.6 Å². The molecule has 2 N–H and O–H groups in total. The molecule has 8 nitrogen and oxygen atoms in total. The Labute approximate surface area is 162 Å². The van der Waals surface area contributed by atoms with Crippen LogP contribution in [0.5, 0.6) is 0 Å². The summed E-state index contributed by atoms with van der Waals surface area (Å²) in [6.07, 6.45) is 4.55. The summed E-state index contributed by atoms with van der Waals surface area (Å²) >= 11 is 0. The van der Waals surface area contributed by atoms with Crippen LogP contribution in [-0.2, 0) is 24.3 Å². The predicted molar refractivity (Wildman–Crippen MR) is 107 cm³/mol. The summed E-state index contributed by atoms with van der Waals surface area (Å²) in [5.41, 5.74) is 0. The van der Waals surface area contributed by atoms with Crippen molar-refractivity contribution in [2.24, 2.45) is 10.9 Å². The highest BCUT2D eigenvalue weighted by Gasteiger charge is 2.23. The number of nitrogens with zero attached hydrogens (tertiary/aromatic N) is 5. The van der Waals surface area contributed by atoms with E-state index in [9.17, 15) is 0 Å². The molecule has 0 amide bonds. The largest absolute Gasteiger partial charge is 0.377 e. The van der Waals surface area contributed by atoms with Crippen molar-refractivity contribution in [3.63, 3.8) is 0 Å². The summed E-state index contributed by atoms with van der Waals surface area (Å²) in [4.78, 5) is 12.0. The zero-order valence-electron chi connectivity index (χ0n) is 17.1. The smallest absolute Gasteiger partial charge is 0.191 e. The van der Waals surface area contributed by atoms with Crippen LogP contribution in [0.3, 0.4) is 0 Å². The molecule has 0 aromatic carbocycles. The van der Waals surface area contributed by atoms with Gasteiger partial charge in [-0.25, -0.2) is 9.67 Å². The van der Waals surface area contributed by atoms with Crippen molar-refractivity contribution in [1.29, 1.82) is 0 Å². The van der Waals surface area contributed by atoms with Gasteiger partial charge < -0.3 is 20.3 Å². The Bertz CT molecular complexity index is 615. The SMILES string of the molecule is CCNC(=NCC1CCCN(CC)C1)NC1CCc2nc(COC)nn2C1. The molecule has 152 valence electrons. The van der Waals surface area contributed by atoms with E-state index in [2.05, 4.69) is 39.5 Å². The van der Waals surface area contributed by atoms with Gasteiger partial charge in [0, 0.05) is 39.2 Å². The van der Waals surface area contributed by atoms with Gasteiger partial charge in [-0.2, -0.15) is 5.10 Å². The Hall–Kier alpha value is -1.67. The molecule has 1 aromatic rings. The molecule has 0 radical (unpaired) electrons. The van der Waals surface area contributed by atoms with Gasteiger partial charge in [-0.05, 0) is 45.2 Å². The van der Waals surface area contributed by atoms with E-state index < -0.39 is 0 Å². The zero-order valence-corrected chi connectivity index (χ0v) is 17.1. The first-order valence-electron chi connectivity index (χ1n) is 10.4.